The summed E-state index contributed by atoms with van der Waals surface area (Å²) in [5.74, 6) is 0. The average Bonchev–Trinajstić information content (AvgIpc) is 1.98. The Morgan fingerprint density at radius 1 is 1.31 bits per heavy atom. The lowest BCUT2D eigenvalue weighted by atomic mass is 9.77. The molecule has 0 aliphatic carbocycles. The molecular formula is C11H22N2. The van der Waals surface area contributed by atoms with Crippen molar-refractivity contribution in [2.24, 2.45) is 5.41 Å². The largest absolute Gasteiger partial charge is 0.312 e. The van der Waals surface area contributed by atoms with Gasteiger partial charge in [0, 0.05) is 12.6 Å². The van der Waals surface area contributed by atoms with E-state index in [-0.39, 0.29) is 0 Å². The molecule has 2 heterocycles. The summed E-state index contributed by atoms with van der Waals surface area (Å²) in [6, 6.07) is 0.724. The predicted molar refractivity (Wildman–Crippen MR) is 55.9 cm³/mol. The molecule has 1 unspecified atom stereocenters. The fraction of sp³-hybridized carbons (Fsp3) is 1.00. The van der Waals surface area contributed by atoms with Gasteiger partial charge in [-0.25, -0.2) is 0 Å². The van der Waals surface area contributed by atoms with Crippen molar-refractivity contribution >= 4 is 0 Å². The van der Waals surface area contributed by atoms with E-state index in [1.165, 1.54) is 45.4 Å². The molecule has 0 aromatic rings. The third-order valence-corrected chi connectivity index (χ3v) is 3.72. The first-order valence-corrected chi connectivity index (χ1v) is 5.64. The van der Waals surface area contributed by atoms with Crippen LogP contribution in [-0.2, 0) is 0 Å². The molecule has 2 aliphatic rings. The van der Waals surface area contributed by atoms with Gasteiger partial charge in [-0.15, -0.1) is 0 Å². The van der Waals surface area contributed by atoms with E-state index in [1.807, 2.05) is 0 Å². The van der Waals surface area contributed by atoms with Crippen molar-refractivity contribution in [2.45, 2.75) is 39.2 Å². The second-order valence-corrected chi connectivity index (χ2v) is 5.25. The molecule has 2 fully saturated rings. The van der Waals surface area contributed by atoms with Crippen LogP contribution in [0.3, 0.4) is 0 Å². The number of piperidine rings is 1. The highest BCUT2D eigenvalue weighted by molar-refractivity contribution is 4.91. The molecule has 0 spiro atoms. The highest BCUT2D eigenvalue weighted by Gasteiger charge is 2.33. The number of hydrogen-bond acceptors (Lipinski definition) is 2. The molecule has 0 aromatic heterocycles. The Kier molecular flexibility index (Phi) is 2.61. The monoisotopic (exact) mass is 182 g/mol. The van der Waals surface area contributed by atoms with E-state index < -0.39 is 0 Å². The smallest absolute Gasteiger partial charge is 0.0246 e. The van der Waals surface area contributed by atoms with Gasteiger partial charge < -0.3 is 10.2 Å². The zero-order valence-electron chi connectivity index (χ0n) is 8.97. The van der Waals surface area contributed by atoms with Crippen molar-refractivity contribution in [3.05, 3.63) is 0 Å². The minimum Gasteiger partial charge on any atom is -0.312 e. The van der Waals surface area contributed by atoms with E-state index >= 15 is 0 Å². The summed E-state index contributed by atoms with van der Waals surface area (Å²) in [7, 11) is 0. The molecule has 2 saturated heterocycles. The number of nitrogens with one attached hydrogen (secondary N) is 1. The van der Waals surface area contributed by atoms with E-state index in [0.717, 1.165) is 6.04 Å². The zero-order valence-corrected chi connectivity index (χ0v) is 8.97. The molecule has 2 nitrogen and oxygen atoms in total. The van der Waals surface area contributed by atoms with E-state index in [2.05, 4.69) is 24.1 Å². The molecule has 0 bridgehead atoms. The van der Waals surface area contributed by atoms with Gasteiger partial charge in [0.15, 0.2) is 0 Å². The summed E-state index contributed by atoms with van der Waals surface area (Å²) in [4.78, 5) is 2.57. The maximum atomic E-state index is 3.67. The van der Waals surface area contributed by atoms with Gasteiger partial charge in [-0.2, -0.15) is 0 Å². The third kappa shape index (κ3) is 2.05. The van der Waals surface area contributed by atoms with Gasteiger partial charge in [0.05, 0.1) is 0 Å². The van der Waals surface area contributed by atoms with Crippen LogP contribution in [0.5, 0.6) is 0 Å². The third-order valence-electron chi connectivity index (χ3n) is 3.72. The van der Waals surface area contributed by atoms with Crippen molar-refractivity contribution in [1.82, 2.24) is 10.2 Å². The lowest BCUT2D eigenvalue weighted by Crippen LogP contribution is -2.55. The maximum absolute atomic E-state index is 3.67. The van der Waals surface area contributed by atoms with Crippen LogP contribution in [0, 0.1) is 5.41 Å². The Labute approximate surface area is 81.7 Å². The quantitative estimate of drug-likeness (QED) is 0.695. The lowest BCUT2D eigenvalue weighted by Gasteiger charge is -2.44. The minimum absolute atomic E-state index is 0.508. The van der Waals surface area contributed by atoms with Gasteiger partial charge in [-0.05, 0) is 44.3 Å². The topological polar surface area (TPSA) is 15.3 Å². The van der Waals surface area contributed by atoms with Crippen molar-refractivity contribution in [1.29, 1.82) is 0 Å². The van der Waals surface area contributed by atoms with Gasteiger partial charge in [0.25, 0.3) is 0 Å². The molecule has 2 aliphatic heterocycles. The van der Waals surface area contributed by atoms with Crippen LogP contribution in [-0.4, -0.2) is 37.1 Å². The van der Waals surface area contributed by atoms with E-state index in [4.69, 9.17) is 0 Å². The first-order chi connectivity index (χ1) is 6.18. The number of hydrogen-bond donors (Lipinski definition) is 1. The van der Waals surface area contributed by atoms with Gasteiger partial charge in [0.1, 0.15) is 0 Å². The molecule has 0 saturated carbocycles. The first-order valence-electron chi connectivity index (χ1n) is 5.64. The molecule has 76 valence electrons. The molecule has 1 N–H and O–H groups in total. The maximum Gasteiger partial charge on any atom is 0.0246 e. The summed E-state index contributed by atoms with van der Waals surface area (Å²) >= 11 is 0. The van der Waals surface area contributed by atoms with Gasteiger partial charge in [-0.3, -0.25) is 0 Å². The van der Waals surface area contributed by atoms with Gasteiger partial charge >= 0.3 is 0 Å². The van der Waals surface area contributed by atoms with Crippen molar-refractivity contribution in [2.75, 3.05) is 26.2 Å². The summed E-state index contributed by atoms with van der Waals surface area (Å²) in [5.41, 5.74) is 0.508. The molecular weight excluding hydrogens is 160 g/mol. The molecule has 0 radical (unpaired) electrons. The molecule has 2 heteroatoms. The van der Waals surface area contributed by atoms with Crippen LogP contribution in [0.15, 0.2) is 0 Å². The lowest BCUT2D eigenvalue weighted by molar-refractivity contribution is 0.0933. The standard InChI is InChI=1S/C11H22N2/c1-11(2)5-3-6-12-10(11)9-13-7-4-8-13/h10,12H,3-9H2,1-2H3. The number of likely N-dealkylation sites (tertiary alicyclic amines) is 1. The molecule has 1 atom stereocenters. The highest BCUT2D eigenvalue weighted by atomic mass is 15.2. The summed E-state index contributed by atoms with van der Waals surface area (Å²) in [6.07, 6.45) is 4.15. The molecule has 2 rings (SSSR count). The molecule has 0 amide bonds. The first kappa shape index (κ1) is 9.47. The van der Waals surface area contributed by atoms with Crippen LogP contribution in [0.1, 0.15) is 33.1 Å². The van der Waals surface area contributed by atoms with Crippen molar-refractivity contribution in [3.63, 3.8) is 0 Å². The van der Waals surface area contributed by atoms with Crippen LogP contribution >= 0.6 is 0 Å². The van der Waals surface area contributed by atoms with Crippen LogP contribution in [0.2, 0.25) is 0 Å². The summed E-state index contributed by atoms with van der Waals surface area (Å²) < 4.78 is 0. The Balaban J connectivity index is 1.87. The van der Waals surface area contributed by atoms with E-state index in [1.54, 1.807) is 0 Å². The zero-order chi connectivity index (χ0) is 9.31. The highest BCUT2D eigenvalue weighted by Crippen LogP contribution is 2.31. The fourth-order valence-electron chi connectivity index (χ4n) is 2.40. The normalized spacial score (nSPS) is 34.2. The van der Waals surface area contributed by atoms with E-state index in [0.29, 0.717) is 5.41 Å². The minimum atomic E-state index is 0.508. The van der Waals surface area contributed by atoms with Crippen molar-refractivity contribution < 1.29 is 0 Å². The Hall–Kier alpha value is -0.0800. The number of rotatable bonds is 2. The predicted octanol–water partition coefficient (Wildman–Crippen LogP) is 1.47. The van der Waals surface area contributed by atoms with Crippen LogP contribution in [0.4, 0.5) is 0 Å². The van der Waals surface area contributed by atoms with Crippen LogP contribution < -0.4 is 5.32 Å². The van der Waals surface area contributed by atoms with Gasteiger partial charge in [0.2, 0.25) is 0 Å². The van der Waals surface area contributed by atoms with Crippen molar-refractivity contribution in [3.8, 4) is 0 Å². The SMILES string of the molecule is CC1(C)CCCNC1CN1CCC1. The molecule has 13 heavy (non-hydrogen) atoms. The van der Waals surface area contributed by atoms with E-state index in [9.17, 15) is 0 Å². The Morgan fingerprint density at radius 2 is 2.08 bits per heavy atom. The second-order valence-electron chi connectivity index (χ2n) is 5.25. The van der Waals surface area contributed by atoms with Gasteiger partial charge in [-0.1, -0.05) is 13.8 Å². The summed E-state index contributed by atoms with van der Waals surface area (Å²) in [5, 5.41) is 3.67. The average molecular weight is 182 g/mol. The number of nitrogens with zero attached hydrogens (tertiary/aromatic N) is 1. The van der Waals surface area contributed by atoms with Crippen LogP contribution in [0.25, 0.3) is 0 Å². The second kappa shape index (κ2) is 3.58. The Morgan fingerprint density at radius 3 is 2.62 bits per heavy atom. The Bertz CT molecular complexity index is 173. The fourth-order valence-corrected chi connectivity index (χ4v) is 2.40. The summed E-state index contributed by atoms with van der Waals surface area (Å²) in [6.45, 7) is 9.96. The molecule has 0 aromatic carbocycles.